The number of rotatable bonds is 5. The van der Waals surface area contributed by atoms with Gasteiger partial charge < -0.3 is 9.47 Å². The highest BCUT2D eigenvalue weighted by Crippen LogP contribution is 2.15. The van der Waals surface area contributed by atoms with Crippen LogP contribution in [-0.2, 0) is 4.74 Å². The highest BCUT2D eigenvalue weighted by Gasteiger charge is 2.13. The number of benzene rings is 2. The second kappa shape index (κ2) is 7.76. The molecule has 0 unspecified atom stereocenters. The summed E-state index contributed by atoms with van der Waals surface area (Å²) in [5, 5.41) is 8.73. The maximum Gasteiger partial charge on any atom is 0.343 e. The van der Waals surface area contributed by atoms with Gasteiger partial charge in [-0.2, -0.15) is 5.26 Å². The SMILES string of the molecule is CCCOC(=O)c1cccc(C(=O)Oc2ccc(C#N)cc2)c1. The summed E-state index contributed by atoms with van der Waals surface area (Å²) in [6.07, 6.45) is 0.728. The molecule has 0 aliphatic rings. The average Bonchev–Trinajstić information content (AvgIpc) is 2.60. The van der Waals surface area contributed by atoms with Gasteiger partial charge >= 0.3 is 11.9 Å². The topological polar surface area (TPSA) is 76.4 Å². The number of hydrogen-bond donors (Lipinski definition) is 0. The maximum absolute atomic E-state index is 12.1. The van der Waals surface area contributed by atoms with Crippen molar-refractivity contribution in [3.63, 3.8) is 0 Å². The Bertz CT molecular complexity index is 744. The number of esters is 2. The maximum atomic E-state index is 12.1. The summed E-state index contributed by atoms with van der Waals surface area (Å²) in [5.41, 5.74) is 1.03. The van der Waals surface area contributed by atoms with Gasteiger partial charge in [0.05, 0.1) is 29.4 Å². The predicted molar refractivity (Wildman–Crippen MR) is 83.1 cm³/mol. The minimum atomic E-state index is -0.583. The molecule has 0 N–H and O–H groups in total. The lowest BCUT2D eigenvalue weighted by atomic mass is 10.1. The quantitative estimate of drug-likeness (QED) is 0.625. The van der Waals surface area contributed by atoms with Crippen molar-refractivity contribution in [2.75, 3.05) is 6.61 Å². The van der Waals surface area contributed by atoms with Gasteiger partial charge in [-0.3, -0.25) is 0 Å². The van der Waals surface area contributed by atoms with Crippen molar-refractivity contribution >= 4 is 11.9 Å². The van der Waals surface area contributed by atoms with Crippen LogP contribution in [0.5, 0.6) is 5.75 Å². The molecule has 2 rings (SSSR count). The van der Waals surface area contributed by atoms with Crippen LogP contribution in [0.25, 0.3) is 0 Å². The van der Waals surface area contributed by atoms with Gasteiger partial charge in [-0.25, -0.2) is 9.59 Å². The molecule has 5 nitrogen and oxygen atoms in total. The first-order valence-electron chi connectivity index (χ1n) is 7.13. The number of nitrogens with zero attached hydrogens (tertiary/aromatic N) is 1. The van der Waals surface area contributed by atoms with E-state index >= 15 is 0 Å². The van der Waals surface area contributed by atoms with E-state index in [9.17, 15) is 9.59 Å². The van der Waals surface area contributed by atoms with Crippen LogP contribution in [-0.4, -0.2) is 18.5 Å². The van der Waals surface area contributed by atoms with Crippen LogP contribution in [0.3, 0.4) is 0 Å². The van der Waals surface area contributed by atoms with E-state index in [2.05, 4.69) is 0 Å². The summed E-state index contributed by atoms with van der Waals surface area (Å²) in [6.45, 7) is 2.23. The normalized spacial score (nSPS) is 9.74. The highest BCUT2D eigenvalue weighted by molar-refractivity contribution is 5.96. The van der Waals surface area contributed by atoms with Gasteiger partial charge in [-0.1, -0.05) is 13.0 Å². The summed E-state index contributed by atoms with van der Waals surface area (Å²) < 4.78 is 10.2. The van der Waals surface area contributed by atoms with Gasteiger partial charge in [0.15, 0.2) is 0 Å². The fraction of sp³-hybridized carbons (Fsp3) is 0.167. The monoisotopic (exact) mass is 309 g/mol. The van der Waals surface area contributed by atoms with E-state index in [1.54, 1.807) is 30.3 Å². The molecule has 2 aromatic carbocycles. The molecular formula is C18H15NO4. The Labute approximate surface area is 134 Å². The molecule has 0 aromatic heterocycles. The molecule has 0 fully saturated rings. The van der Waals surface area contributed by atoms with Crippen molar-refractivity contribution in [3.8, 4) is 11.8 Å². The molecule has 0 saturated carbocycles. The third-order valence-electron chi connectivity index (χ3n) is 2.97. The Morgan fingerprint density at radius 1 is 1.04 bits per heavy atom. The number of ether oxygens (including phenoxy) is 2. The first-order valence-corrected chi connectivity index (χ1v) is 7.13. The van der Waals surface area contributed by atoms with Crippen LogP contribution in [0.15, 0.2) is 48.5 Å². The third kappa shape index (κ3) is 4.42. The van der Waals surface area contributed by atoms with Crippen LogP contribution in [0.4, 0.5) is 0 Å². The summed E-state index contributed by atoms with van der Waals surface area (Å²) in [6, 6.07) is 14.3. The van der Waals surface area contributed by atoms with Gasteiger partial charge in [-0.05, 0) is 48.9 Å². The molecule has 2 aromatic rings. The van der Waals surface area contributed by atoms with E-state index in [4.69, 9.17) is 14.7 Å². The fourth-order valence-corrected chi connectivity index (χ4v) is 1.81. The fourth-order valence-electron chi connectivity index (χ4n) is 1.81. The van der Waals surface area contributed by atoms with Crippen molar-refractivity contribution in [3.05, 3.63) is 65.2 Å². The van der Waals surface area contributed by atoms with Gasteiger partial charge in [0, 0.05) is 0 Å². The van der Waals surface area contributed by atoms with Gasteiger partial charge in [0.2, 0.25) is 0 Å². The molecule has 5 heteroatoms. The summed E-state index contributed by atoms with van der Waals surface area (Å²) in [5.74, 6) is -0.729. The molecule has 0 heterocycles. The van der Waals surface area contributed by atoms with Crippen molar-refractivity contribution in [2.45, 2.75) is 13.3 Å². The number of carbonyl (C=O) groups is 2. The van der Waals surface area contributed by atoms with Crippen LogP contribution < -0.4 is 4.74 Å². The molecule has 0 amide bonds. The van der Waals surface area contributed by atoms with Crippen molar-refractivity contribution in [1.29, 1.82) is 5.26 Å². The Hall–Kier alpha value is -3.13. The Morgan fingerprint density at radius 3 is 2.30 bits per heavy atom. The molecule has 116 valence electrons. The number of nitriles is 1. The minimum Gasteiger partial charge on any atom is -0.462 e. The van der Waals surface area contributed by atoms with Gasteiger partial charge in [0.1, 0.15) is 5.75 Å². The predicted octanol–water partition coefficient (Wildman–Crippen LogP) is 3.34. The van der Waals surface area contributed by atoms with E-state index in [0.29, 0.717) is 23.5 Å². The van der Waals surface area contributed by atoms with Crippen LogP contribution in [0, 0.1) is 11.3 Å². The molecule has 0 radical (unpaired) electrons. The second-order valence-electron chi connectivity index (χ2n) is 4.74. The van der Waals surface area contributed by atoms with Crippen molar-refractivity contribution < 1.29 is 19.1 Å². The van der Waals surface area contributed by atoms with E-state index in [1.165, 1.54) is 18.2 Å². The molecular weight excluding hydrogens is 294 g/mol. The smallest absolute Gasteiger partial charge is 0.343 e. The molecule has 0 bridgehead atoms. The van der Waals surface area contributed by atoms with Crippen LogP contribution >= 0.6 is 0 Å². The highest BCUT2D eigenvalue weighted by atomic mass is 16.5. The second-order valence-corrected chi connectivity index (χ2v) is 4.74. The standard InChI is InChI=1S/C18H15NO4/c1-2-10-22-17(20)14-4-3-5-15(11-14)18(21)23-16-8-6-13(12-19)7-9-16/h3-9,11H,2,10H2,1H3. The Morgan fingerprint density at radius 2 is 1.70 bits per heavy atom. The third-order valence-corrected chi connectivity index (χ3v) is 2.97. The zero-order valence-corrected chi connectivity index (χ0v) is 12.6. The molecule has 0 spiro atoms. The summed E-state index contributed by atoms with van der Waals surface area (Å²) >= 11 is 0. The molecule has 0 aliphatic heterocycles. The average molecular weight is 309 g/mol. The Kier molecular flexibility index (Phi) is 5.48. The Balaban J connectivity index is 2.10. The number of carbonyl (C=O) groups excluding carboxylic acids is 2. The van der Waals surface area contributed by atoms with E-state index in [0.717, 1.165) is 6.42 Å². The first kappa shape index (κ1) is 16.2. The number of hydrogen-bond acceptors (Lipinski definition) is 5. The van der Waals surface area contributed by atoms with Crippen molar-refractivity contribution in [2.24, 2.45) is 0 Å². The first-order chi connectivity index (χ1) is 11.1. The zero-order chi connectivity index (χ0) is 16.7. The molecule has 0 saturated heterocycles. The minimum absolute atomic E-state index is 0.250. The summed E-state index contributed by atoms with van der Waals surface area (Å²) in [7, 11) is 0. The summed E-state index contributed by atoms with van der Waals surface area (Å²) in [4.78, 5) is 23.9. The largest absolute Gasteiger partial charge is 0.462 e. The van der Waals surface area contributed by atoms with E-state index in [-0.39, 0.29) is 5.56 Å². The molecule has 0 atom stereocenters. The molecule has 23 heavy (non-hydrogen) atoms. The lowest BCUT2D eigenvalue weighted by Gasteiger charge is -2.06. The van der Waals surface area contributed by atoms with Crippen LogP contribution in [0.1, 0.15) is 39.6 Å². The van der Waals surface area contributed by atoms with Gasteiger partial charge in [0.25, 0.3) is 0 Å². The van der Waals surface area contributed by atoms with E-state index < -0.39 is 11.9 Å². The lowest BCUT2D eigenvalue weighted by Crippen LogP contribution is -2.11. The van der Waals surface area contributed by atoms with Gasteiger partial charge in [-0.15, -0.1) is 0 Å². The molecule has 0 aliphatic carbocycles. The lowest BCUT2D eigenvalue weighted by molar-refractivity contribution is 0.0505. The van der Waals surface area contributed by atoms with Crippen LogP contribution in [0.2, 0.25) is 0 Å². The van der Waals surface area contributed by atoms with E-state index in [1.807, 2.05) is 13.0 Å². The zero-order valence-electron chi connectivity index (χ0n) is 12.6. The van der Waals surface area contributed by atoms with Crippen molar-refractivity contribution in [1.82, 2.24) is 0 Å².